The van der Waals surface area contributed by atoms with Crippen LogP contribution in [0.15, 0.2) is 18.2 Å². The Balaban J connectivity index is 0.00000220. The third-order valence-corrected chi connectivity index (χ3v) is 3.22. The van der Waals surface area contributed by atoms with Crippen LogP contribution in [0.3, 0.4) is 0 Å². The molecule has 0 amide bonds. The highest BCUT2D eigenvalue weighted by atomic mass is 35.5. The van der Waals surface area contributed by atoms with Crippen molar-refractivity contribution in [3.63, 3.8) is 0 Å². The molecule has 0 saturated carbocycles. The number of piperazine rings is 1. The molecule has 1 fully saturated rings. The van der Waals surface area contributed by atoms with Crippen molar-refractivity contribution in [2.45, 2.75) is 0 Å². The fourth-order valence-corrected chi connectivity index (χ4v) is 2.19. The van der Waals surface area contributed by atoms with Crippen LogP contribution in [0.4, 0.5) is 5.69 Å². The molecular weight excluding hydrogens is 290 g/mol. The molecule has 1 aromatic carbocycles. The molecule has 114 valence electrons. The lowest BCUT2D eigenvalue weighted by Crippen LogP contribution is -2.43. The summed E-state index contributed by atoms with van der Waals surface area (Å²) < 4.78 is 4.83. The highest BCUT2D eigenvalue weighted by Crippen LogP contribution is 2.20. The number of ether oxygens (including phenoxy) is 1. The first-order chi connectivity index (χ1) is 9.76. The van der Waals surface area contributed by atoms with Crippen LogP contribution in [0.25, 0.3) is 0 Å². The first-order valence-corrected chi connectivity index (χ1v) is 6.63. The van der Waals surface area contributed by atoms with Gasteiger partial charge in [0.2, 0.25) is 0 Å². The second-order valence-corrected chi connectivity index (χ2v) is 4.46. The van der Waals surface area contributed by atoms with Crippen molar-refractivity contribution in [1.29, 1.82) is 0 Å². The quantitative estimate of drug-likeness (QED) is 0.619. The SMILES string of the molecule is COC(=O)c1cc(N2CCNCC2)ccc1C#CCN.Cl. The lowest BCUT2D eigenvalue weighted by atomic mass is 10.1. The van der Waals surface area contributed by atoms with Crippen molar-refractivity contribution in [3.8, 4) is 11.8 Å². The van der Waals surface area contributed by atoms with Gasteiger partial charge in [-0.05, 0) is 18.2 Å². The second-order valence-electron chi connectivity index (χ2n) is 4.46. The minimum atomic E-state index is -0.372. The smallest absolute Gasteiger partial charge is 0.339 e. The molecule has 0 radical (unpaired) electrons. The maximum Gasteiger partial charge on any atom is 0.339 e. The number of carbonyl (C=O) groups excluding carboxylic acids is 1. The molecule has 1 aliphatic rings. The molecule has 3 N–H and O–H groups in total. The molecule has 0 aliphatic carbocycles. The number of nitrogens with one attached hydrogen (secondary N) is 1. The van der Waals surface area contributed by atoms with E-state index in [0.29, 0.717) is 11.1 Å². The number of methoxy groups -OCH3 is 1. The maximum atomic E-state index is 11.9. The normalized spacial score (nSPS) is 13.7. The van der Waals surface area contributed by atoms with E-state index in [0.717, 1.165) is 31.9 Å². The van der Waals surface area contributed by atoms with Crippen LogP contribution in [0.2, 0.25) is 0 Å². The molecule has 21 heavy (non-hydrogen) atoms. The molecule has 0 aromatic heterocycles. The highest BCUT2D eigenvalue weighted by Gasteiger charge is 2.16. The number of hydrogen-bond acceptors (Lipinski definition) is 5. The average molecular weight is 310 g/mol. The number of nitrogens with two attached hydrogens (primary N) is 1. The van der Waals surface area contributed by atoms with Crippen LogP contribution >= 0.6 is 12.4 Å². The fourth-order valence-electron chi connectivity index (χ4n) is 2.19. The highest BCUT2D eigenvalue weighted by molar-refractivity contribution is 5.93. The summed E-state index contributed by atoms with van der Waals surface area (Å²) >= 11 is 0. The largest absolute Gasteiger partial charge is 0.465 e. The van der Waals surface area contributed by atoms with Gasteiger partial charge in [0.1, 0.15) is 0 Å². The predicted octanol–water partition coefficient (Wildman–Crippen LogP) is 0.615. The summed E-state index contributed by atoms with van der Waals surface area (Å²) in [4.78, 5) is 14.1. The number of benzene rings is 1. The van der Waals surface area contributed by atoms with E-state index < -0.39 is 0 Å². The summed E-state index contributed by atoms with van der Waals surface area (Å²) in [6.07, 6.45) is 0. The Morgan fingerprint density at radius 2 is 2.14 bits per heavy atom. The summed E-state index contributed by atoms with van der Waals surface area (Å²) in [5, 5.41) is 3.30. The van der Waals surface area contributed by atoms with Gasteiger partial charge in [-0.2, -0.15) is 0 Å². The van der Waals surface area contributed by atoms with E-state index in [9.17, 15) is 4.79 Å². The Labute approximate surface area is 131 Å². The molecule has 1 aromatic rings. The van der Waals surface area contributed by atoms with Gasteiger partial charge >= 0.3 is 5.97 Å². The molecule has 1 saturated heterocycles. The van der Waals surface area contributed by atoms with E-state index >= 15 is 0 Å². The monoisotopic (exact) mass is 309 g/mol. The lowest BCUT2D eigenvalue weighted by Gasteiger charge is -2.29. The van der Waals surface area contributed by atoms with Gasteiger partial charge in [-0.15, -0.1) is 12.4 Å². The van der Waals surface area contributed by atoms with E-state index in [2.05, 4.69) is 22.1 Å². The number of rotatable bonds is 2. The van der Waals surface area contributed by atoms with E-state index in [1.165, 1.54) is 7.11 Å². The van der Waals surface area contributed by atoms with Gasteiger partial charge in [-0.1, -0.05) is 11.8 Å². The summed E-state index contributed by atoms with van der Waals surface area (Å²) in [5.74, 6) is 5.31. The van der Waals surface area contributed by atoms with Gasteiger partial charge in [-0.25, -0.2) is 4.79 Å². The van der Waals surface area contributed by atoms with Gasteiger partial charge < -0.3 is 20.7 Å². The number of nitrogens with zero attached hydrogens (tertiary/aromatic N) is 1. The third-order valence-electron chi connectivity index (χ3n) is 3.22. The van der Waals surface area contributed by atoms with Crippen LogP contribution in [-0.4, -0.2) is 45.8 Å². The molecule has 1 heterocycles. The summed E-state index contributed by atoms with van der Waals surface area (Å²) in [7, 11) is 1.37. The fraction of sp³-hybridized carbons (Fsp3) is 0.400. The Bertz CT molecular complexity index is 546. The van der Waals surface area contributed by atoms with Gasteiger partial charge in [0.15, 0.2) is 0 Å². The molecule has 2 rings (SSSR count). The zero-order valence-electron chi connectivity index (χ0n) is 12.0. The first-order valence-electron chi connectivity index (χ1n) is 6.63. The molecule has 0 atom stereocenters. The van der Waals surface area contributed by atoms with Crippen LogP contribution in [0.5, 0.6) is 0 Å². The minimum Gasteiger partial charge on any atom is -0.465 e. The number of anilines is 1. The van der Waals surface area contributed by atoms with E-state index in [-0.39, 0.29) is 24.9 Å². The van der Waals surface area contributed by atoms with Crippen molar-refractivity contribution in [1.82, 2.24) is 5.32 Å². The molecule has 1 aliphatic heterocycles. The summed E-state index contributed by atoms with van der Waals surface area (Å²) in [6, 6.07) is 5.68. The van der Waals surface area contributed by atoms with Gasteiger partial charge in [0.05, 0.1) is 19.2 Å². The van der Waals surface area contributed by atoms with Gasteiger partial charge in [0.25, 0.3) is 0 Å². The predicted molar refractivity (Wildman–Crippen MR) is 86.0 cm³/mol. The first kappa shape index (κ1) is 17.3. The number of carbonyl (C=O) groups is 1. The molecular formula is C15H20ClN3O2. The van der Waals surface area contributed by atoms with E-state index in [1.807, 2.05) is 18.2 Å². The topological polar surface area (TPSA) is 67.6 Å². The zero-order valence-corrected chi connectivity index (χ0v) is 12.8. The van der Waals surface area contributed by atoms with Crippen molar-refractivity contribution >= 4 is 24.1 Å². The standard InChI is InChI=1S/C15H19N3O2.ClH/c1-20-15(19)14-11-13(18-9-7-17-8-10-18)5-4-12(14)3-2-6-16;/h4-5,11,17H,6-10,16H2,1H3;1H. The number of hydrogen-bond donors (Lipinski definition) is 2. The van der Waals surface area contributed by atoms with Crippen molar-refractivity contribution in [3.05, 3.63) is 29.3 Å². The summed E-state index contributed by atoms with van der Waals surface area (Å²) in [5.41, 5.74) is 7.54. The second kappa shape index (κ2) is 8.53. The minimum absolute atomic E-state index is 0. The third kappa shape index (κ3) is 4.36. The van der Waals surface area contributed by atoms with Gasteiger partial charge in [0, 0.05) is 37.4 Å². The van der Waals surface area contributed by atoms with E-state index in [4.69, 9.17) is 10.5 Å². The molecule has 0 unspecified atom stereocenters. The van der Waals surface area contributed by atoms with Gasteiger partial charge in [-0.3, -0.25) is 0 Å². The Hall–Kier alpha value is -1.74. The van der Waals surface area contributed by atoms with Crippen molar-refractivity contribution in [2.75, 3.05) is 44.7 Å². The van der Waals surface area contributed by atoms with Crippen LogP contribution < -0.4 is 16.0 Å². The Morgan fingerprint density at radius 3 is 2.76 bits per heavy atom. The number of esters is 1. The maximum absolute atomic E-state index is 11.9. The van der Waals surface area contributed by atoms with Crippen LogP contribution in [-0.2, 0) is 4.74 Å². The molecule has 0 spiro atoms. The molecule has 5 nitrogen and oxygen atoms in total. The molecule has 0 bridgehead atoms. The number of halogens is 1. The zero-order chi connectivity index (χ0) is 14.4. The lowest BCUT2D eigenvalue weighted by molar-refractivity contribution is 0.0600. The Kier molecular flexibility index (Phi) is 7.03. The van der Waals surface area contributed by atoms with Crippen molar-refractivity contribution in [2.24, 2.45) is 5.73 Å². The average Bonchev–Trinajstić information content (AvgIpc) is 2.53. The summed E-state index contributed by atoms with van der Waals surface area (Å²) in [6.45, 7) is 4.01. The van der Waals surface area contributed by atoms with Crippen LogP contribution in [0.1, 0.15) is 15.9 Å². The Morgan fingerprint density at radius 1 is 1.43 bits per heavy atom. The molecule has 6 heteroatoms. The van der Waals surface area contributed by atoms with Crippen LogP contribution in [0, 0.1) is 11.8 Å². The van der Waals surface area contributed by atoms with E-state index in [1.54, 1.807) is 0 Å². The van der Waals surface area contributed by atoms with Crippen molar-refractivity contribution < 1.29 is 9.53 Å².